The van der Waals surface area contributed by atoms with Crippen molar-refractivity contribution in [3.63, 3.8) is 0 Å². The number of carbonyl (C=O) groups is 1. The lowest BCUT2D eigenvalue weighted by atomic mass is 10.1. The molecule has 7 nitrogen and oxygen atoms in total. The van der Waals surface area contributed by atoms with Gasteiger partial charge in [0.2, 0.25) is 5.95 Å². The van der Waals surface area contributed by atoms with Crippen LogP contribution in [0.2, 0.25) is 0 Å². The van der Waals surface area contributed by atoms with Crippen molar-refractivity contribution >= 4 is 29.0 Å². The predicted octanol–water partition coefficient (Wildman–Crippen LogP) is 3.31. The summed E-state index contributed by atoms with van der Waals surface area (Å²) < 4.78 is 2.26. The average molecular weight is 420 g/mol. The number of likely N-dealkylation sites (tertiary alicyclic amines) is 1. The van der Waals surface area contributed by atoms with Crippen molar-refractivity contribution in [1.29, 1.82) is 0 Å². The van der Waals surface area contributed by atoms with Gasteiger partial charge in [0.05, 0.1) is 11.0 Å². The van der Waals surface area contributed by atoms with Crippen molar-refractivity contribution in [2.75, 3.05) is 31.5 Å². The van der Waals surface area contributed by atoms with Crippen LogP contribution in [0.1, 0.15) is 24.0 Å². The molecule has 7 heteroatoms. The molecule has 0 unspecified atom stereocenters. The van der Waals surface area contributed by atoms with E-state index in [4.69, 9.17) is 10.2 Å². The molecule has 1 aromatic heterocycles. The highest BCUT2D eigenvalue weighted by Crippen LogP contribution is 2.22. The van der Waals surface area contributed by atoms with Crippen molar-refractivity contribution in [3.05, 3.63) is 65.7 Å². The van der Waals surface area contributed by atoms with Gasteiger partial charge in [-0.25, -0.2) is 10.5 Å². The van der Waals surface area contributed by atoms with E-state index < -0.39 is 5.91 Å². The summed E-state index contributed by atoms with van der Waals surface area (Å²) in [4.78, 5) is 18.6. The number of anilines is 1. The summed E-state index contributed by atoms with van der Waals surface area (Å²) in [5.41, 5.74) is 5.72. The van der Waals surface area contributed by atoms with Gasteiger partial charge in [-0.05, 0) is 61.7 Å². The molecule has 1 saturated heterocycles. The van der Waals surface area contributed by atoms with Crippen LogP contribution < -0.4 is 10.8 Å². The molecule has 1 aliphatic rings. The molecule has 0 aliphatic carbocycles. The number of aromatic nitrogens is 2. The van der Waals surface area contributed by atoms with E-state index in [1.165, 1.54) is 37.6 Å². The van der Waals surface area contributed by atoms with Gasteiger partial charge in [-0.1, -0.05) is 36.4 Å². The van der Waals surface area contributed by atoms with E-state index >= 15 is 0 Å². The molecule has 0 radical (unpaired) electrons. The fraction of sp³-hybridized carbons (Fsp3) is 0.333. The third-order valence-corrected chi connectivity index (χ3v) is 5.69. The van der Waals surface area contributed by atoms with E-state index in [1.54, 1.807) is 11.6 Å². The number of amides is 1. The standard InChI is InChI=1S/C24H29N5O2/c30-23(27-31)11-9-20-8-10-22-21(18-20)26-24(25-13-12-19-6-2-1-3-7-19)29(22)17-16-28-14-4-5-15-28/h1-3,6-11,18,31H,4-5,12-17H2,(H,25,26)(H,27,30). The molecule has 0 bridgehead atoms. The molecule has 0 spiro atoms. The lowest BCUT2D eigenvalue weighted by Gasteiger charge is -2.17. The maximum Gasteiger partial charge on any atom is 0.267 e. The fourth-order valence-electron chi connectivity index (χ4n) is 4.03. The van der Waals surface area contributed by atoms with Crippen LogP contribution in [0.4, 0.5) is 5.95 Å². The Morgan fingerprint density at radius 3 is 2.68 bits per heavy atom. The summed E-state index contributed by atoms with van der Waals surface area (Å²) in [6.45, 7) is 5.04. The van der Waals surface area contributed by atoms with Gasteiger partial charge in [0.1, 0.15) is 0 Å². The maximum absolute atomic E-state index is 11.3. The molecule has 3 aromatic rings. The van der Waals surface area contributed by atoms with Crippen LogP contribution in [-0.4, -0.2) is 51.7 Å². The Balaban J connectivity index is 1.53. The van der Waals surface area contributed by atoms with Crippen LogP contribution >= 0.6 is 0 Å². The second-order valence-corrected chi connectivity index (χ2v) is 7.86. The molecule has 2 heterocycles. The summed E-state index contributed by atoms with van der Waals surface area (Å²) >= 11 is 0. The molecule has 162 valence electrons. The summed E-state index contributed by atoms with van der Waals surface area (Å²) in [7, 11) is 0. The second-order valence-electron chi connectivity index (χ2n) is 7.86. The molecule has 3 N–H and O–H groups in total. The highest BCUT2D eigenvalue weighted by atomic mass is 16.5. The number of hydrogen-bond donors (Lipinski definition) is 3. The normalized spacial score (nSPS) is 14.5. The van der Waals surface area contributed by atoms with Crippen molar-refractivity contribution in [3.8, 4) is 0 Å². The maximum atomic E-state index is 11.3. The third kappa shape index (κ3) is 5.51. The minimum Gasteiger partial charge on any atom is -0.355 e. The minimum absolute atomic E-state index is 0.556. The molecule has 2 aromatic carbocycles. The first-order valence-electron chi connectivity index (χ1n) is 10.9. The molecule has 4 rings (SSSR count). The average Bonchev–Trinajstić information content (AvgIpc) is 3.44. The number of imidazole rings is 1. The Morgan fingerprint density at radius 1 is 1.10 bits per heavy atom. The zero-order valence-electron chi connectivity index (χ0n) is 17.6. The molecular weight excluding hydrogens is 390 g/mol. The van der Waals surface area contributed by atoms with E-state index in [0.29, 0.717) is 0 Å². The van der Waals surface area contributed by atoms with E-state index in [2.05, 4.69) is 39.0 Å². The van der Waals surface area contributed by atoms with Gasteiger partial charge in [-0.3, -0.25) is 10.0 Å². The van der Waals surface area contributed by atoms with Gasteiger partial charge in [-0.2, -0.15) is 0 Å². The van der Waals surface area contributed by atoms with Crippen molar-refractivity contribution in [2.45, 2.75) is 25.8 Å². The van der Waals surface area contributed by atoms with Gasteiger partial charge < -0.3 is 14.8 Å². The van der Waals surface area contributed by atoms with Gasteiger partial charge >= 0.3 is 0 Å². The molecule has 1 amide bonds. The number of hydrogen-bond acceptors (Lipinski definition) is 5. The number of benzene rings is 2. The third-order valence-electron chi connectivity index (χ3n) is 5.69. The Kier molecular flexibility index (Phi) is 6.96. The van der Waals surface area contributed by atoms with Crippen molar-refractivity contribution in [2.24, 2.45) is 0 Å². The number of nitrogens with zero attached hydrogens (tertiary/aromatic N) is 3. The van der Waals surface area contributed by atoms with E-state index in [9.17, 15) is 4.79 Å². The smallest absolute Gasteiger partial charge is 0.267 e. The summed E-state index contributed by atoms with van der Waals surface area (Å²) in [5.74, 6) is 0.318. The van der Waals surface area contributed by atoms with Gasteiger partial charge in [-0.15, -0.1) is 0 Å². The van der Waals surface area contributed by atoms with E-state index in [-0.39, 0.29) is 0 Å². The second kappa shape index (κ2) is 10.2. The van der Waals surface area contributed by atoms with E-state index in [0.717, 1.165) is 48.6 Å². The highest BCUT2D eigenvalue weighted by Gasteiger charge is 2.15. The lowest BCUT2D eigenvalue weighted by molar-refractivity contribution is -0.124. The number of carbonyl (C=O) groups excluding carboxylic acids is 1. The lowest BCUT2D eigenvalue weighted by Crippen LogP contribution is -2.24. The Bertz CT molecular complexity index is 1040. The molecule has 0 saturated carbocycles. The zero-order chi connectivity index (χ0) is 21.5. The fourth-order valence-corrected chi connectivity index (χ4v) is 4.03. The van der Waals surface area contributed by atoms with Crippen LogP contribution in [0.15, 0.2) is 54.6 Å². The van der Waals surface area contributed by atoms with Crippen LogP contribution in [0.25, 0.3) is 17.1 Å². The first kappa shape index (κ1) is 21.1. The quantitative estimate of drug-likeness (QED) is 0.282. The molecule has 1 fully saturated rings. The predicted molar refractivity (Wildman–Crippen MR) is 123 cm³/mol. The zero-order valence-corrected chi connectivity index (χ0v) is 17.6. The summed E-state index contributed by atoms with van der Waals surface area (Å²) in [6, 6.07) is 16.4. The van der Waals surface area contributed by atoms with Gasteiger partial charge in [0.25, 0.3) is 5.91 Å². The van der Waals surface area contributed by atoms with Crippen molar-refractivity contribution < 1.29 is 10.0 Å². The number of nitrogens with one attached hydrogen (secondary N) is 2. The Labute approximate surface area is 182 Å². The monoisotopic (exact) mass is 419 g/mol. The van der Waals surface area contributed by atoms with Crippen molar-refractivity contribution in [1.82, 2.24) is 19.9 Å². The summed E-state index contributed by atoms with van der Waals surface area (Å²) in [6.07, 6.45) is 6.45. The molecule has 1 aliphatic heterocycles. The summed E-state index contributed by atoms with van der Waals surface area (Å²) in [5, 5.41) is 12.2. The van der Waals surface area contributed by atoms with E-state index in [1.807, 2.05) is 24.3 Å². The largest absolute Gasteiger partial charge is 0.355 e. The van der Waals surface area contributed by atoms with Crippen LogP contribution in [-0.2, 0) is 17.8 Å². The first-order valence-corrected chi connectivity index (χ1v) is 10.9. The Hall–Kier alpha value is -3.16. The van der Waals surface area contributed by atoms with Crippen LogP contribution in [0.3, 0.4) is 0 Å². The highest BCUT2D eigenvalue weighted by molar-refractivity contribution is 5.91. The number of fused-ring (bicyclic) bond motifs is 1. The van der Waals surface area contributed by atoms with Crippen LogP contribution in [0.5, 0.6) is 0 Å². The minimum atomic E-state index is -0.556. The number of hydroxylamine groups is 1. The Morgan fingerprint density at radius 2 is 1.90 bits per heavy atom. The SMILES string of the molecule is O=C(C=Cc1ccc2c(c1)nc(NCCc1ccccc1)n2CCN1CCCC1)NO. The molecular formula is C24H29N5O2. The first-order chi connectivity index (χ1) is 15.2. The molecule has 31 heavy (non-hydrogen) atoms. The van der Waals surface area contributed by atoms with Crippen LogP contribution in [0, 0.1) is 0 Å². The molecule has 0 atom stereocenters. The number of rotatable bonds is 9. The van der Waals surface area contributed by atoms with Gasteiger partial charge in [0.15, 0.2) is 0 Å². The van der Waals surface area contributed by atoms with Gasteiger partial charge in [0, 0.05) is 25.7 Å². The topological polar surface area (TPSA) is 82.4 Å².